The van der Waals surface area contributed by atoms with Gasteiger partial charge in [0, 0.05) is 24.0 Å². The Labute approximate surface area is 273 Å². The first-order valence-electron chi connectivity index (χ1n) is 13.9. The van der Waals surface area contributed by atoms with Crippen molar-refractivity contribution in [1.82, 2.24) is 10.2 Å². The summed E-state index contributed by atoms with van der Waals surface area (Å²) in [4.78, 5) is 29.5. The van der Waals surface area contributed by atoms with Crippen molar-refractivity contribution in [3.05, 3.63) is 129 Å². The van der Waals surface area contributed by atoms with Crippen LogP contribution in [-0.4, -0.2) is 43.8 Å². The molecule has 0 fully saturated rings. The fraction of sp³-hybridized carbons (Fsp3) is 0.212. The Morgan fingerprint density at radius 3 is 2.00 bits per heavy atom. The van der Waals surface area contributed by atoms with Crippen LogP contribution in [-0.2, 0) is 32.6 Å². The van der Waals surface area contributed by atoms with Crippen molar-refractivity contribution in [1.29, 1.82) is 0 Å². The summed E-state index contributed by atoms with van der Waals surface area (Å²) >= 11 is 18.9. The van der Waals surface area contributed by atoms with E-state index in [0.29, 0.717) is 10.6 Å². The standard InChI is InChI=1S/C33H32Cl3N3O4S/c1-23(2)37-33(41)31(19-24-11-5-3-6-12-24)38(21-25-13-9-10-16-28(25)34)32(40)22-39(26-17-18-29(35)30(36)20-26)44(42,43)27-14-7-4-8-15-27/h3-18,20,23,31H,19,21-22H2,1-2H3,(H,37,41). The average Bonchev–Trinajstić information content (AvgIpc) is 3.00. The van der Waals surface area contributed by atoms with Crippen LogP contribution in [0.1, 0.15) is 25.0 Å². The molecule has 0 aliphatic rings. The minimum atomic E-state index is -4.26. The highest BCUT2D eigenvalue weighted by molar-refractivity contribution is 7.92. The second-order valence-corrected chi connectivity index (χ2v) is 13.5. The van der Waals surface area contributed by atoms with Gasteiger partial charge >= 0.3 is 0 Å². The normalized spacial score (nSPS) is 12.0. The Morgan fingerprint density at radius 1 is 0.773 bits per heavy atom. The lowest BCUT2D eigenvalue weighted by atomic mass is 10.0. The first-order valence-corrected chi connectivity index (χ1v) is 16.4. The molecule has 44 heavy (non-hydrogen) atoms. The molecule has 1 atom stereocenters. The van der Waals surface area contributed by atoms with Gasteiger partial charge in [-0.2, -0.15) is 0 Å². The van der Waals surface area contributed by atoms with Crippen LogP contribution in [0.4, 0.5) is 5.69 Å². The van der Waals surface area contributed by atoms with Gasteiger partial charge in [0.1, 0.15) is 12.6 Å². The topological polar surface area (TPSA) is 86.8 Å². The van der Waals surface area contributed by atoms with Gasteiger partial charge in [0.05, 0.1) is 20.6 Å². The quantitative estimate of drug-likeness (QED) is 0.176. The summed E-state index contributed by atoms with van der Waals surface area (Å²) < 4.78 is 29.0. The fourth-order valence-electron chi connectivity index (χ4n) is 4.63. The monoisotopic (exact) mass is 671 g/mol. The van der Waals surface area contributed by atoms with Crippen LogP contribution in [0.3, 0.4) is 0 Å². The molecule has 1 N–H and O–H groups in total. The second-order valence-electron chi connectivity index (χ2n) is 10.4. The van der Waals surface area contributed by atoms with Crippen LogP contribution in [0.5, 0.6) is 0 Å². The number of hydrogen-bond acceptors (Lipinski definition) is 4. The van der Waals surface area contributed by atoms with Gasteiger partial charge in [-0.25, -0.2) is 8.42 Å². The highest BCUT2D eigenvalue weighted by Crippen LogP contribution is 2.31. The van der Waals surface area contributed by atoms with Gasteiger partial charge in [-0.05, 0) is 61.4 Å². The maximum Gasteiger partial charge on any atom is 0.264 e. The zero-order valence-corrected chi connectivity index (χ0v) is 27.2. The molecule has 7 nitrogen and oxygen atoms in total. The number of carbonyl (C=O) groups excluding carboxylic acids is 2. The number of amides is 2. The lowest BCUT2D eigenvalue weighted by Gasteiger charge is -2.34. The van der Waals surface area contributed by atoms with Crippen LogP contribution in [0, 0.1) is 0 Å². The fourth-order valence-corrected chi connectivity index (χ4v) is 6.55. The minimum Gasteiger partial charge on any atom is -0.352 e. The zero-order chi connectivity index (χ0) is 31.9. The number of halogens is 3. The van der Waals surface area contributed by atoms with Gasteiger partial charge in [0.2, 0.25) is 11.8 Å². The summed E-state index contributed by atoms with van der Waals surface area (Å²) in [5.41, 5.74) is 1.57. The van der Waals surface area contributed by atoms with Crippen molar-refractivity contribution in [3.8, 4) is 0 Å². The van der Waals surface area contributed by atoms with E-state index in [0.717, 1.165) is 9.87 Å². The van der Waals surface area contributed by atoms with E-state index in [1.807, 2.05) is 44.2 Å². The number of rotatable bonds is 12. The Balaban J connectivity index is 1.82. The molecule has 4 aromatic rings. The summed E-state index contributed by atoms with van der Waals surface area (Å²) in [5.74, 6) is -0.994. The third kappa shape index (κ3) is 8.33. The number of anilines is 1. The Morgan fingerprint density at radius 2 is 1.39 bits per heavy atom. The van der Waals surface area contributed by atoms with E-state index in [-0.39, 0.29) is 45.5 Å². The molecule has 2 amide bonds. The van der Waals surface area contributed by atoms with Gasteiger partial charge in [0.15, 0.2) is 0 Å². The van der Waals surface area contributed by atoms with E-state index in [2.05, 4.69) is 5.32 Å². The summed E-state index contributed by atoms with van der Waals surface area (Å²) in [5, 5.41) is 3.68. The van der Waals surface area contributed by atoms with Crippen LogP contribution in [0.25, 0.3) is 0 Å². The SMILES string of the molecule is CC(C)NC(=O)C(Cc1ccccc1)N(Cc1ccccc1Cl)C(=O)CN(c1ccc(Cl)c(Cl)c1)S(=O)(=O)c1ccccc1. The van der Waals surface area contributed by atoms with Crippen molar-refractivity contribution >= 4 is 62.3 Å². The zero-order valence-electron chi connectivity index (χ0n) is 24.2. The van der Waals surface area contributed by atoms with Gasteiger partial charge in [-0.3, -0.25) is 13.9 Å². The maximum absolute atomic E-state index is 14.4. The molecule has 0 saturated heterocycles. The predicted octanol–water partition coefficient (Wildman–Crippen LogP) is 7.01. The van der Waals surface area contributed by atoms with Crippen LogP contribution in [0.15, 0.2) is 108 Å². The van der Waals surface area contributed by atoms with Crippen molar-refractivity contribution < 1.29 is 18.0 Å². The molecular formula is C33H32Cl3N3O4S. The van der Waals surface area contributed by atoms with Crippen LogP contribution < -0.4 is 9.62 Å². The smallest absolute Gasteiger partial charge is 0.264 e. The molecule has 4 aromatic carbocycles. The number of carbonyl (C=O) groups is 2. The predicted molar refractivity (Wildman–Crippen MR) is 177 cm³/mol. The highest BCUT2D eigenvalue weighted by atomic mass is 35.5. The Bertz CT molecular complexity index is 1700. The molecule has 0 aliphatic carbocycles. The van der Waals surface area contributed by atoms with E-state index in [9.17, 15) is 18.0 Å². The molecular weight excluding hydrogens is 641 g/mol. The molecule has 0 heterocycles. The highest BCUT2D eigenvalue weighted by Gasteiger charge is 2.35. The van der Waals surface area contributed by atoms with Gasteiger partial charge in [0.25, 0.3) is 10.0 Å². The Hall–Kier alpha value is -3.56. The minimum absolute atomic E-state index is 0.0186. The largest absolute Gasteiger partial charge is 0.352 e. The van der Waals surface area contributed by atoms with Crippen molar-refractivity contribution in [2.75, 3.05) is 10.8 Å². The third-order valence-electron chi connectivity index (χ3n) is 6.80. The van der Waals surface area contributed by atoms with E-state index < -0.39 is 28.5 Å². The lowest BCUT2D eigenvalue weighted by Crippen LogP contribution is -2.54. The molecule has 0 aromatic heterocycles. The van der Waals surface area contributed by atoms with Crippen LogP contribution >= 0.6 is 34.8 Å². The molecule has 1 unspecified atom stereocenters. The second kappa shape index (κ2) is 14.9. The summed E-state index contributed by atoms with van der Waals surface area (Å²) in [6, 6.07) is 27.2. The molecule has 0 saturated carbocycles. The average molecular weight is 673 g/mol. The van der Waals surface area contributed by atoms with Crippen molar-refractivity contribution in [2.45, 2.75) is 43.8 Å². The van der Waals surface area contributed by atoms with Gasteiger partial charge in [-0.1, -0.05) is 102 Å². The molecule has 230 valence electrons. The van der Waals surface area contributed by atoms with Crippen molar-refractivity contribution in [2.24, 2.45) is 0 Å². The molecule has 11 heteroatoms. The van der Waals surface area contributed by atoms with Crippen LogP contribution in [0.2, 0.25) is 15.1 Å². The maximum atomic E-state index is 14.4. The summed E-state index contributed by atoms with van der Waals surface area (Å²) in [6.07, 6.45) is 0.188. The van der Waals surface area contributed by atoms with E-state index in [4.69, 9.17) is 34.8 Å². The summed E-state index contributed by atoms with van der Waals surface area (Å²) in [7, 11) is -4.26. The first kappa shape index (κ1) is 33.3. The molecule has 4 rings (SSSR count). The number of benzene rings is 4. The summed E-state index contributed by atoms with van der Waals surface area (Å²) in [6.45, 7) is 2.99. The lowest BCUT2D eigenvalue weighted by molar-refractivity contribution is -0.140. The van der Waals surface area contributed by atoms with E-state index in [1.54, 1.807) is 42.5 Å². The number of nitrogens with zero attached hydrogens (tertiary/aromatic N) is 2. The number of sulfonamides is 1. The third-order valence-corrected chi connectivity index (χ3v) is 9.70. The molecule has 0 bridgehead atoms. The van der Waals surface area contributed by atoms with E-state index >= 15 is 0 Å². The number of nitrogens with one attached hydrogen (secondary N) is 1. The van der Waals surface area contributed by atoms with Crippen molar-refractivity contribution in [3.63, 3.8) is 0 Å². The number of hydrogen-bond donors (Lipinski definition) is 1. The Kier molecular flexibility index (Phi) is 11.3. The first-order chi connectivity index (χ1) is 21.0. The van der Waals surface area contributed by atoms with Gasteiger partial charge in [-0.15, -0.1) is 0 Å². The van der Waals surface area contributed by atoms with E-state index in [1.165, 1.54) is 35.2 Å². The molecule has 0 aliphatic heterocycles. The molecule has 0 radical (unpaired) electrons. The van der Waals surface area contributed by atoms with Gasteiger partial charge < -0.3 is 10.2 Å². The molecule has 0 spiro atoms.